The van der Waals surface area contributed by atoms with Gasteiger partial charge in [-0.05, 0) is 18.8 Å². The highest BCUT2D eigenvalue weighted by Gasteiger charge is 2.45. The highest BCUT2D eigenvalue weighted by molar-refractivity contribution is 6.05. The van der Waals surface area contributed by atoms with Gasteiger partial charge in [-0.15, -0.1) is 0 Å². The molecule has 0 fully saturated rings. The van der Waals surface area contributed by atoms with Crippen LogP contribution in [0.1, 0.15) is 40.0 Å². The average molecular weight is 211 g/mol. The van der Waals surface area contributed by atoms with Crippen LogP contribution in [0, 0.1) is 5.92 Å². The van der Waals surface area contributed by atoms with Gasteiger partial charge in [0.25, 0.3) is 0 Å². The molecule has 0 aromatic heterocycles. The molecule has 1 aliphatic rings. The predicted molar refractivity (Wildman–Crippen MR) is 61.9 cm³/mol. The van der Waals surface area contributed by atoms with Gasteiger partial charge < -0.3 is 10.6 Å². The Kier molecular flexibility index (Phi) is 3.37. The lowest BCUT2D eigenvalue weighted by molar-refractivity contribution is 0.171. The zero-order valence-corrected chi connectivity index (χ0v) is 10.1. The maximum Gasteiger partial charge on any atom is 0.345 e. The van der Waals surface area contributed by atoms with Crippen molar-refractivity contribution < 1.29 is 4.79 Å². The van der Waals surface area contributed by atoms with Crippen molar-refractivity contribution in [2.24, 2.45) is 16.6 Å². The predicted octanol–water partition coefficient (Wildman–Crippen LogP) is 1.99. The third-order valence-corrected chi connectivity index (χ3v) is 3.59. The number of likely N-dealkylation sites (N-methyl/N-ethyl adjacent to an activating group) is 1. The van der Waals surface area contributed by atoms with Crippen LogP contribution in [0.25, 0.3) is 0 Å². The normalized spacial score (nSPS) is 28.1. The summed E-state index contributed by atoms with van der Waals surface area (Å²) in [5.74, 6) is 1.03. The van der Waals surface area contributed by atoms with Crippen molar-refractivity contribution in [3.63, 3.8) is 0 Å². The van der Waals surface area contributed by atoms with E-state index in [0.29, 0.717) is 11.8 Å². The molecule has 1 rings (SSSR count). The molecule has 4 nitrogen and oxygen atoms in total. The summed E-state index contributed by atoms with van der Waals surface area (Å²) in [5, 5.41) is 0. The van der Waals surface area contributed by atoms with E-state index in [2.05, 4.69) is 25.8 Å². The summed E-state index contributed by atoms with van der Waals surface area (Å²) in [6.45, 7) is 6.39. The molecule has 15 heavy (non-hydrogen) atoms. The standard InChI is InChI=1S/C11H21N3O/c1-5-8(3)7-11(6-2)9(12)13-10(15)14(11)4/h8H,5-7H2,1-4H3,(H2,12,13,15). The number of carbonyl (C=O) groups excluding carboxylic acids is 1. The summed E-state index contributed by atoms with van der Waals surface area (Å²) in [4.78, 5) is 17.0. The van der Waals surface area contributed by atoms with Gasteiger partial charge in [0.05, 0.1) is 0 Å². The summed E-state index contributed by atoms with van der Waals surface area (Å²) < 4.78 is 0. The fourth-order valence-electron chi connectivity index (χ4n) is 2.16. The molecular formula is C11H21N3O. The van der Waals surface area contributed by atoms with Crippen LogP contribution < -0.4 is 5.73 Å². The lowest BCUT2D eigenvalue weighted by Gasteiger charge is -2.36. The Morgan fingerprint density at radius 3 is 2.47 bits per heavy atom. The van der Waals surface area contributed by atoms with E-state index >= 15 is 0 Å². The summed E-state index contributed by atoms with van der Waals surface area (Å²) in [5.41, 5.74) is 5.56. The highest BCUT2D eigenvalue weighted by Crippen LogP contribution is 2.32. The first-order valence-corrected chi connectivity index (χ1v) is 5.60. The zero-order chi connectivity index (χ0) is 11.6. The van der Waals surface area contributed by atoms with Crippen LogP contribution in [0.5, 0.6) is 0 Å². The van der Waals surface area contributed by atoms with E-state index in [1.54, 1.807) is 11.9 Å². The van der Waals surface area contributed by atoms with Crippen molar-refractivity contribution in [2.45, 2.75) is 45.6 Å². The Morgan fingerprint density at radius 2 is 2.13 bits per heavy atom. The van der Waals surface area contributed by atoms with Gasteiger partial charge in [0.2, 0.25) is 0 Å². The second-order valence-corrected chi connectivity index (χ2v) is 4.44. The van der Waals surface area contributed by atoms with Gasteiger partial charge in [-0.1, -0.05) is 27.2 Å². The number of amides is 2. The van der Waals surface area contributed by atoms with Gasteiger partial charge in [0.1, 0.15) is 11.4 Å². The van der Waals surface area contributed by atoms with Gasteiger partial charge in [-0.25, -0.2) is 4.79 Å². The molecule has 2 amide bonds. The van der Waals surface area contributed by atoms with Crippen LogP contribution in [0.2, 0.25) is 0 Å². The molecule has 0 bridgehead atoms. The number of nitrogens with two attached hydrogens (primary N) is 1. The van der Waals surface area contributed by atoms with Crippen molar-refractivity contribution in [1.29, 1.82) is 0 Å². The fraction of sp³-hybridized carbons (Fsp3) is 0.818. The number of aliphatic imine (C=N–C) groups is 1. The Hall–Kier alpha value is -1.06. The van der Waals surface area contributed by atoms with Crippen LogP contribution in [-0.4, -0.2) is 29.4 Å². The minimum atomic E-state index is -0.341. The molecule has 0 radical (unpaired) electrons. The third kappa shape index (κ3) is 1.85. The molecule has 0 aliphatic carbocycles. The molecule has 0 aromatic carbocycles. The smallest absolute Gasteiger partial charge is 0.345 e. The third-order valence-electron chi connectivity index (χ3n) is 3.59. The van der Waals surface area contributed by atoms with Crippen molar-refractivity contribution in [1.82, 2.24) is 4.90 Å². The number of hydrogen-bond acceptors (Lipinski definition) is 2. The molecule has 4 heteroatoms. The first-order valence-electron chi connectivity index (χ1n) is 5.60. The highest BCUT2D eigenvalue weighted by atomic mass is 16.2. The number of amidine groups is 1. The number of carbonyl (C=O) groups is 1. The molecule has 0 saturated heterocycles. The SMILES string of the molecule is CCC(C)CC1(CC)C(N)=NC(=O)N1C. The van der Waals surface area contributed by atoms with Crippen LogP contribution in [0.4, 0.5) is 4.79 Å². The van der Waals surface area contributed by atoms with Gasteiger partial charge >= 0.3 is 6.03 Å². The van der Waals surface area contributed by atoms with Crippen molar-refractivity contribution in [3.8, 4) is 0 Å². The van der Waals surface area contributed by atoms with Crippen LogP contribution in [0.3, 0.4) is 0 Å². The first-order chi connectivity index (χ1) is 6.97. The first kappa shape index (κ1) is 12.0. The van der Waals surface area contributed by atoms with Crippen molar-refractivity contribution >= 4 is 11.9 Å². The second-order valence-electron chi connectivity index (χ2n) is 4.44. The second kappa shape index (κ2) is 4.21. The molecule has 1 aliphatic heterocycles. The zero-order valence-electron chi connectivity index (χ0n) is 10.1. The van der Waals surface area contributed by atoms with Gasteiger partial charge in [-0.3, -0.25) is 0 Å². The van der Waals surface area contributed by atoms with E-state index in [0.717, 1.165) is 19.3 Å². The largest absolute Gasteiger partial charge is 0.385 e. The number of nitrogens with zero attached hydrogens (tertiary/aromatic N) is 2. The van der Waals surface area contributed by atoms with Gasteiger partial charge in [0, 0.05) is 7.05 Å². The Bertz CT molecular complexity index is 288. The Balaban J connectivity index is 2.94. The van der Waals surface area contributed by atoms with E-state index in [9.17, 15) is 4.79 Å². The number of hydrogen-bond donors (Lipinski definition) is 1. The molecule has 2 unspecified atom stereocenters. The molecule has 0 aromatic rings. The van der Waals surface area contributed by atoms with Crippen LogP contribution >= 0.6 is 0 Å². The fourth-order valence-corrected chi connectivity index (χ4v) is 2.16. The number of urea groups is 1. The van der Waals surface area contributed by atoms with Crippen molar-refractivity contribution in [2.75, 3.05) is 7.05 Å². The summed E-state index contributed by atoms with van der Waals surface area (Å²) >= 11 is 0. The molecule has 2 atom stereocenters. The van der Waals surface area contributed by atoms with Crippen molar-refractivity contribution in [3.05, 3.63) is 0 Å². The van der Waals surface area contributed by atoms with Crippen LogP contribution in [0.15, 0.2) is 4.99 Å². The Morgan fingerprint density at radius 1 is 1.53 bits per heavy atom. The molecule has 2 N–H and O–H groups in total. The maximum absolute atomic E-state index is 11.5. The minimum absolute atomic E-state index is 0.211. The van der Waals surface area contributed by atoms with Gasteiger partial charge in [-0.2, -0.15) is 4.99 Å². The van der Waals surface area contributed by atoms with E-state index in [1.807, 2.05) is 0 Å². The average Bonchev–Trinajstić information content (AvgIpc) is 2.42. The molecule has 0 spiro atoms. The summed E-state index contributed by atoms with van der Waals surface area (Å²) in [7, 11) is 1.79. The van der Waals surface area contributed by atoms with E-state index < -0.39 is 0 Å². The molecule has 1 heterocycles. The maximum atomic E-state index is 11.5. The summed E-state index contributed by atoms with van der Waals surface area (Å²) in [6, 6.07) is -0.211. The molecule has 86 valence electrons. The summed E-state index contributed by atoms with van der Waals surface area (Å²) in [6.07, 6.45) is 2.82. The van der Waals surface area contributed by atoms with E-state index in [-0.39, 0.29) is 11.6 Å². The quantitative estimate of drug-likeness (QED) is 0.773. The Labute approximate surface area is 91.5 Å². The topological polar surface area (TPSA) is 58.7 Å². The lowest BCUT2D eigenvalue weighted by atomic mass is 9.83. The van der Waals surface area contributed by atoms with Crippen LogP contribution in [-0.2, 0) is 0 Å². The van der Waals surface area contributed by atoms with Gasteiger partial charge in [0.15, 0.2) is 0 Å². The molecular weight excluding hydrogens is 190 g/mol. The number of rotatable bonds is 4. The molecule has 0 saturated carbocycles. The minimum Gasteiger partial charge on any atom is -0.385 e. The van der Waals surface area contributed by atoms with E-state index in [4.69, 9.17) is 5.73 Å². The van der Waals surface area contributed by atoms with E-state index in [1.165, 1.54) is 0 Å². The lowest BCUT2D eigenvalue weighted by Crippen LogP contribution is -2.52. The monoisotopic (exact) mass is 211 g/mol.